The van der Waals surface area contributed by atoms with Gasteiger partial charge in [-0.3, -0.25) is 0 Å². The van der Waals surface area contributed by atoms with E-state index in [1.54, 1.807) is 0 Å². The van der Waals surface area contributed by atoms with Crippen LogP contribution in [0.1, 0.15) is 50.9 Å². The molecule has 0 aliphatic heterocycles. The fourth-order valence-electron chi connectivity index (χ4n) is 3.71. The van der Waals surface area contributed by atoms with Crippen LogP contribution in [-0.4, -0.2) is 18.3 Å². The fraction of sp³-hybridized carbons (Fsp3) is 0.308. The molecule has 37 heavy (non-hydrogen) atoms. The van der Waals surface area contributed by atoms with Crippen LogP contribution in [0.25, 0.3) is 11.4 Å². The summed E-state index contributed by atoms with van der Waals surface area (Å²) in [6.07, 6.45) is 0. The van der Waals surface area contributed by atoms with E-state index in [1.807, 2.05) is 66.8 Å². The van der Waals surface area contributed by atoms with Crippen molar-refractivity contribution in [3.05, 3.63) is 69.2 Å². The maximum atomic E-state index is 5.48. The quantitative estimate of drug-likeness (QED) is 0.130. The monoisotopic (exact) mass is 646 g/mol. The second-order valence-electron chi connectivity index (χ2n) is 9.06. The van der Waals surface area contributed by atoms with Crippen LogP contribution in [0.15, 0.2) is 68.6 Å². The van der Waals surface area contributed by atoms with Gasteiger partial charge in [0.1, 0.15) is 0 Å². The standard InChI is InChI=1S/2C13H16N2S3.Ni/c2*1-8(2)14-11(16)12(17)15(13(14)18)10-6-4-9(3)5-7-10;/h2*4-8,16-17H,1-3H3;/p-4. The van der Waals surface area contributed by atoms with Gasteiger partial charge in [-0.1, -0.05) is 35.4 Å². The van der Waals surface area contributed by atoms with Gasteiger partial charge in [0.2, 0.25) is 0 Å². The van der Waals surface area contributed by atoms with Crippen molar-refractivity contribution in [2.24, 2.45) is 0 Å². The van der Waals surface area contributed by atoms with Gasteiger partial charge in [-0.2, -0.15) is 0 Å². The van der Waals surface area contributed by atoms with Gasteiger partial charge in [0.25, 0.3) is 0 Å². The van der Waals surface area contributed by atoms with Crippen molar-refractivity contribution >= 4 is 75.0 Å². The first kappa shape index (κ1) is 31.9. The Hall–Kier alpha value is -1.33. The molecule has 0 amide bonds. The van der Waals surface area contributed by atoms with E-state index in [4.69, 9.17) is 75.0 Å². The van der Waals surface area contributed by atoms with E-state index in [0.717, 1.165) is 11.4 Å². The number of hydrogen-bond acceptors (Lipinski definition) is 6. The van der Waals surface area contributed by atoms with Crippen LogP contribution in [0.2, 0.25) is 0 Å². The maximum absolute atomic E-state index is 5.48. The molecule has 0 fully saturated rings. The Morgan fingerprint density at radius 2 is 0.811 bits per heavy atom. The maximum Gasteiger partial charge on any atom is 0.181 e. The molecule has 202 valence electrons. The Morgan fingerprint density at radius 3 is 1.03 bits per heavy atom. The Morgan fingerprint density at radius 1 is 0.541 bits per heavy atom. The van der Waals surface area contributed by atoms with Crippen LogP contribution >= 0.6 is 24.4 Å². The van der Waals surface area contributed by atoms with Crippen LogP contribution in [0.4, 0.5) is 0 Å². The van der Waals surface area contributed by atoms with Crippen LogP contribution in [-0.2, 0) is 67.0 Å². The minimum atomic E-state index is 0. The molecule has 0 saturated heterocycles. The molecule has 2 aromatic carbocycles. The topological polar surface area (TPSA) is 19.7 Å². The molecule has 11 heteroatoms. The van der Waals surface area contributed by atoms with E-state index in [9.17, 15) is 0 Å². The first-order valence-electron chi connectivity index (χ1n) is 11.4. The SMILES string of the molecule is Cc1ccc(-n2c([S-])c([S-])n(C(C)C)c2=S)cc1.Cc1ccc(-n2c([S-])c([S-])n(C(C)C)c2=S)cc1.[Ni]. The number of rotatable bonds is 4. The van der Waals surface area contributed by atoms with Crippen molar-refractivity contribution in [3.63, 3.8) is 0 Å². The molecule has 2 aromatic heterocycles. The molecule has 0 aliphatic carbocycles. The molecular formula is C26H28N4NiS6-4. The molecule has 4 aromatic rings. The smallest absolute Gasteiger partial charge is 0.181 e. The van der Waals surface area contributed by atoms with Crippen LogP contribution < -0.4 is 0 Å². The summed E-state index contributed by atoms with van der Waals surface area (Å²) < 4.78 is 8.92. The fourth-order valence-corrected chi connectivity index (χ4v) is 6.30. The minimum Gasteiger partial charge on any atom is -0.762 e. The van der Waals surface area contributed by atoms with Gasteiger partial charge in [0.15, 0.2) is 9.54 Å². The summed E-state index contributed by atoms with van der Waals surface area (Å²) in [6, 6.07) is 16.7. The molecule has 0 N–H and O–H groups in total. The van der Waals surface area contributed by atoms with Crippen molar-refractivity contribution in [2.75, 3.05) is 0 Å². The predicted molar refractivity (Wildman–Crippen MR) is 162 cm³/mol. The second-order valence-corrected chi connectivity index (χ2v) is 11.3. The van der Waals surface area contributed by atoms with Gasteiger partial charge < -0.3 is 68.8 Å². The molecule has 0 aliphatic rings. The van der Waals surface area contributed by atoms with Gasteiger partial charge in [0.05, 0.1) is 0 Å². The molecule has 0 radical (unpaired) electrons. The third-order valence-corrected chi connectivity index (χ3v) is 8.17. The van der Waals surface area contributed by atoms with Crippen LogP contribution in [0.3, 0.4) is 0 Å². The van der Waals surface area contributed by atoms with E-state index in [1.165, 1.54) is 11.1 Å². The molecule has 0 atom stereocenters. The van der Waals surface area contributed by atoms with E-state index < -0.39 is 0 Å². The predicted octanol–water partition coefficient (Wildman–Crippen LogP) is 7.42. The second kappa shape index (κ2) is 13.2. The van der Waals surface area contributed by atoms with E-state index in [-0.39, 0.29) is 28.6 Å². The van der Waals surface area contributed by atoms with Crippen molar-refractivity contribution in [1.82, 2.24) is 18.3 Å². The third kappa shape index (κ3) is 6.64. The Kier molecular flexibility index (Phi) is 11.3. The molecular weight excluding hydrogens is 619 g/mol. The van der Waals surface area contributed by atoms with E-state index in [2.05, 4.69) is 41.5 Å². The van der Waals surface area contributed by atoms with Crippen molar-refractivity contribution in [1.29, 1.82) is 0 Å². The average Bonchev–Trinajstić information content (AvgIpc) is 3.17. The average molecular weight is 648 g/mol. The zero-order valence-corrected chi connectivity index (χ0v) is 27.2. The van der Waals surface area contributed by atoms with Gasteiger partial charge in [-0.15, -0.1) is 20.1 Å². The third-order valence-electron chi connectivity index (χ3n) is 5.62. The summed E-state index contributed by atoms with van der Waals surface area (Å²) in [5.41, 5.74) is 4.36. The van der Waals surface area contributed by atoms with Crippen molar-refractivity contribution in [3.8, 4) is 11.4 Å². The van der Waals surface area contributed by atoms with Gasteiger partial charge in [0, 0.05) is 39.9 Å². The molecule has 0 spiro atoms. The van der Waals surface area contributed by atoms with Crippen LogP contribution in [0.5, 0.6) is 0 Å². The number of hydrogen-bond donors (Lipinski definition) is 0. The molecule has 4 rings (SSSR count). The normalized spacial score (nSPS) is 10.8. The summed E-state index contributed by atoms with van der Waals surface area (Å²) >= 11 is 32.5. The summed E-state index contributed by atoms with van der Waals surface area (Å²) in [4.78, 5) is 0. The first-order chi connectivity index (χ1) is 16.9. The van der Waals surface area contributed by atoms with Crippen molar-refractivity contribution in [2.45, 2.75) is 73.7 Å². The Balaban J connectivity index is 0.000000253. The molecule has 4 nitrogen and oxygen atoms in total. The number of aromatic nitrogens is 4. The zero-order chi connectivity index (χ0) is 26.9. The van der Waals surface area contributed by atoms with Gasteiger partial charge in [-0.05, 0) is 90.2 Å². The van der Waals surface area contributed by atoms with Crippen LogP contribution in [0, 0.1) is 23.4 Å². The van der Waals surface area contributed by atoms with Gasteiger partial charge in [-0.25, -0.2) is 0 Å². The summed E-state index contributed by atoms with van der Waals surface area (Å²) in [5.74, 6) is 0. The van der Waals surface area contributed by atoms with E-state index >= 15 is 0 Å². The van der Waals surface area contributed by atoms with Gasteiger partial charge >= 0.3 is 0 Å². The minimum absolute atomic E-state index is 0. The molecule has 0 unspecified atom stereocenters. The number of aryl methyl sites for hydroxylation is 2. The molecule has 0 saturated carbocycles. The Labute approximate surface area is 262 Å². The number of nitrogens with zero attached hydrogens (tertiary/aromatic N) is 4. The first-order valence-corrected chi connectivity index (χ1v) is 13.9. The Bertz CT molecular complexity index is 1360. The number of imidazole rings is 2. The summed E-state index contributed by atoms with van der Waals surface area (Å²) in [6.45, 7) is 12.3. The largest absolute Gasteiger partial charge is 0.762 e. The molecule has 2 heterocycles. The number of benzene rings is 2. The van der Waals surface area contributed by atoms with Crippen molar-refractivity contribution < 1.29 is 16.5 Å². The summed E-state index contributed by atoms with van der Waals surface area (Å²) in [5, 5.41) is 2.52. The zero-order valence-electron chi connectivity index (χ0n) is 21.3. The molecule has 0 bridgehead atoms. The summed E-state index contributed by atoms with van der Waals surface area (Å²) in [7, 11) is 0. The van der Waals surface area contributed by atoms with E-state index in [0.29, 0.717) is 29.6 Å².